The van der Waals surface area contributed by atoms with E-state index in [4.69, 9.17) is 16.7 Å². The Morgan fingerprint density at radius 3 is 2.48 bits per heavy atom. The molecule has 2 aromatic carbocycles. The second-order valence-electron chi connectivity index (χ2n) is 4.12. The summed E-state index contributed by atoms with van der Waals surface area (Å²) in [7, 11) is -3.93. The summed E-state index contributed by atoms with van der Waals surface area (Å²) < 4.78 is 23.5. The van der Waals surface area contributed by atoms with Crippen LogP contribution < -0.4 is 10.5 Å². The minimum Gasteiger partial charge on any atom is -0.321 e. The van der Waals surface area contributed by atoms with Crippen LogP contribution in [0.15, 0.2) is 51.8 Å². The van der Waals surface area contributed by atoms with Crippen LogP contribution in [0.5, 0.6) is 0 Å². The van der Waals surface area contributed by atoms with Crippen LogP contribution in [0.3, 0.4) is 0 Å². The van der Waals surface area contributed by atoms with Crippen molar-refractivity contribution in [3.8, 4) is 0 Å². The van der Waals surface area contributed by atoms with E-state index in [0.717, 1.165) is 0 Å². The first-order valence-corrected chi connectivity index (χ1v) is 8.39. The lowest BCUT2D eigenvalue weighted by Gasteiger charge is -2.10. The minimum atomic E-state index is -3.93. The number of nitrogens with one attached hydrogen (secondary N) is 1. The molecular formula is C13H10BrClN2O3S. The zero-order valence-electron chi connectivity index (χ0n) is 10.5. The van der Waals surface area contributed by atoms with E-state index in [1.54, 1.807) is 18.2 Å². The third-order valence-corrected chi connectivity index (χ3v) is 4.48. The lowest BCUT2D eigenvalue weighted by atomic mass is 10.2. The van der Waals surface area contributed by atoms with Gasteiger partial charge in [0.15, 0.2) is 0 Å². The predicted octanol–water partition coefficient (Wildman–Crippen LogP) is 3.00. The minimum absolute atomic E-state index is 0.117. The molecule has 0 bridgehead atoms. The molecular weight excluding hydrogens is 380 g/mol. The molecule has 110 valence electrons. The topological polar surface area (TPSA) is 89.3 Å². The van der Waals surface area contributed by atoms with Crippen LogP contribution in [0.1, 0.15) is 10.4 Å². The normalized spacial score (nSPS) is 11.2. The Morgan fingerprint density at radius 2 is 1.86 bits per heavy atom. The Morgan fingerprint density at radius 1 is 1.19 bits per heavy atom. The summed E-state index contributed by atoms with van der Waals surface area (Å²) in [5, 5.41) is 8.11. The molecule has 5 nitrogen and oxygen atoms in total. The Labute approximate surface area is 135 Å². The van der Waals surface area contributed by atoms with Crippen LogP contribution in [-0.4, -0.2) is 14.3 Å². The molecule has 0 unspecified atom stereocenters. The number of carbonyl (C=O) groups excluding carboxylic acids is 1. The van der Waals surface area contributed by atoms with Crippen LogP contribution in [0, 0.1) is 0 Å². The van der Waals surface area contributed by atoms with Gasteiger partial charge in [-0.15, -0.1) is 0 Å². The maximum absolute atomic E-state index is 12.2. The van der Waals surface area contributed by atoms with Crippen molar-refractivity contribution >= 4 is 49.1 Å². The largest absolute Gasteiger partial charge is 0.321 e. The molecule has 0 atom stereocenters. The summed E-state index contributed by atoms with van der Waals surface area (Å²) in [6, 6.07) is 10.6. The number of halogens is 2. The molecule has 0 aliphatic heterocycles. The summed E-state index contributed by atoms with van der Waals surface area (Å²) in [5.41, 5.74) is 0.440. The van der Waals surface area contributed by atoms with Gasteiger partial charge < -0.3 is 5.32 Å². The summed E-state index contributed by atoms with van der Waals surface area (Å²) in [6.45, 7) is 0. The maximum atomic E-state index is 12.2. The summed E-state index contributed by atoms with van der Waals surface area (Å²) in [6.07, 6.45) is 0. The molecule has 21 heavy (non-hydrogen) atoms. The molecule has 2 rings (SSSR count). The molecule has 0 radical (unpaired) electrons. The number of amides is 1. The first kappa shape index (κ1) is 16.0. The molecule has 2 aromatic rings. The van der Waals surface area contributed by atoms with Crippen LogP contribution in [0.4, 0.5) is 5.69 Å². The van der Waals surface area contributed by atoms with Gasteiger partial charge in [0.25, 0.3) is 5.91 Å². The van der Waals surface area contributed by atoms with Crippen molar-refractivity contribution in [3.63, 3.8) is 0 Å². The van der Waals surface area contributed by atoms with E-state index in [0.29, 0.717) is 15.1 Å². The Kier molecular flexibility index (Phi) is 4.67. The van der Waals surface area contributed by atoms with Crippen molar-refractivity contribution in [2.24, 2.45) is 5.14 Å². The van der Waals surface area contributed by atoms with E-state index in [1.807, 2.05) is 0 Å². The third kappa shape index (κ3) is 3.82. The van der Waals surface area contributed by atoms with Gasteiger partial charge in [0.2, 0.25) is 10.0 Å². The van der Waals surface area contributed by atoms with Gasteiger partial charge in [-0.25, -0.2) is 13.6 Å². The zero-order valence-corrected chi connectivity index (χ0v) is 13.7. The maximum Gasteiger partial charge on any atom is 0.256 e. The van der Waals surface area contributed by atoms with Crippen molar-refractivity contribution < 1.29 is 13.2 Å². The standard InChI is InChI=1S/C13H10BrClN2O3S/c14-10-7-8(15)5-6-9(10)13(18)17-11-3-1-2-4-12(11)21(16,19)20/h1-7H,(H,17,18)(H2,16,19,20). The number of benzene rings is 2. The van der Waals surface area contributed by atoms with Crippen molar-refractivity contribution in [1.82, 2.24) is 0 Å². The van der Waals surface area contributed by atoms with E-state index in [-0.39, 0.29) is 10.6 Å². The number of primary sulfonamides is 1. The monoisotopic (exact) mass is 388 g/mol. The zero-order chi connectivity index (χ0) is 15.6. The first-order valence-electron chi connectivity index (χ1n) is 5.67. The van der Waals surface area contributed by atoms with Gasteiger partial charge in [0.1, 0.15) is 4.90 Å². The quantitative estimate of drug-likeness (QED) is 0.845. The Bertz CT molecular complexity index is 809. The molecule has 1 amide bonds. The fourth-order valence-corrected chi connectivity index (χ4v) is 3.24. The van der Waals surface area contributed by atoms with Gasteiger partial charge in [-0.05, 0) is 46.3 Å². The van der Waals surface area contributed by atoms with Gasteiger partial charge in [-0.2, -0.15) is 0 Å². The van der Waals surface area contributed by atoms with Crippen LogP contribution in [0.2, 0.25) is 5.02 Å². The van der Waals surface area contributed by atoms with Crippen LogP contribution in [-0.2, 0) is 10.0 Å². The molecule has 0 spiro atoms. The smallest absolute Gasteiger partial charge is 0.256 e. The highest BCUT2D eigenvalue weighted by atomic mass is 79.9. The van der Waals surface area contributed by atoms with Crippen LogP contribution in [0.25, 0.3) is 0 Å². The van der Waals surface area contributed by atoms with Gasteiger partial charge in [0, 0.05) is 9.50 Å². The molecule has 0 aliphatic rings. The van der Waals surface area contributed by atoms with Gasteiger partial charge >= 0.3 is 0 Å². The van der Waals surface area contributed by atoms with E-state index in [9.17, 15) is 13.2 Å². The number of carbonyl (C=O) groups is 1. The fraction of sp³-hybridized carbons (Fsp3) is 0. The van der Waals surface area contributed by atoms with Crippen molar-refractivity contribution in [2.45, 2.75) is 4.90 Å². The van der Waals surface area contributed by atoms with Gasteiger partial charge in [0.05, 0.1) is 11.3 Å². The molecule has 0 fully saturated rings. The number of para-hydroxylation sites is 1. The predicted molar refractivity (Wildman–Crippen MR) is 84.9 cm³/mol. The Hall–Kier alpha value is -1.41. The van der Waals surface area contributed by atoms with Gasteiger partial charge in [-0.3, -0.25) is 4.79 Å². The molecule has 0 aliphatic carbocycles. The number of nitrogens with two attached hydrogens (primary N) is 1. The molecule has 0 heterocycles. The highest BCUT2D eigenvalue weighted by Crippen LogP contribution is 2.24. The number of hydrogen-bond acceptors (Lipinski definition) is 3. The number of sulfonamides is 1. The SMILES string of the molecule is NS(=O)(=O)c1ccccc1NC(=O)c1ccc(Cl)cc1Br. The number of rotatable bonds is 3. The lowest BCUT2D eigenvalue weighted by molar-refractivity contribution is 0.102. The third-order valence-electron chi connectivity index (χ3n) is 2.62. The summed E-state index contributed by atoms with van der Waals surface area (Å²) in [4.78, 5) is 12.1. The number of anilines is 1. The number of hydrogen-bond donors (Lipinski definition) is 2. The average Bonchev–Trinajstić information content (AvgIpc) is 2.37. The van der Waals surface area contributed by atoms with Crippen molar-refractivity contribution in [1.29, 1.82) is 0 Å². The van der Waals surface area contributed by atoms with Crippen LogP contribution >= 0.6 is 27.5 Å². The van der Waals surface area contributed by atoms with E-state index >= 15 is 0 Å². The van der Waals surface area contributed by atoms with Crippen molar-refractivity contribution in [3.05, 3.63) is 57.5 Å². The molecule has 0 saturated heterocycles. The second-order valence-corrected chi connectivity index (χ2v) is 6.94. The Balaban J connectivity index is 2.37. The summed E-state index contributed by atoms with van der Waals surface area (Å²) >= 11 is 9.04. The lowest BCUT2D eigenvalue weighted by Crippen LogP contribution is -2.18. The molecule has 8 heteroatoms. The van der Waals surface area contributed by atoms with E-state index in [2.05, 4.69) is 21.2 Å². The first-order chi connectivity index (χ1) is 9.79. The molecule has 0 aromatic heterocycles. The second kappa shape index (κ2) is 6.15. The van der Waals surface area contributed by atoms with Crippen molar-refractivity contribution in [2.75, 3.05) is 5.32 Å². The van der Waals surface area contributed by atoms with E-state index < -0.39 is 15.9 Å². The fourth-order valence-electron chi connectivity index (χ4n) is 1.68. The average molecular weight is 390 g/mol. The molecule has 3 N–H and O–H groups in total. The molecule has 0 saturated carbocycles. The summed E-state index contributed by atoms with van der Waals surface area (Å²) in [5.74, 6) is -0.477. The highest BCUT2D eigenvalue weighted by molar-refractivity contribution is 9.10. The van der Waals surface area contributed by atoms with Gasteiger partial charge in [-0.1, -0.05) is 23.7 Å². The van der Waals surface area contributed by atoms with E-state index in [1.165, 1.54) is 24.3 Å². The highest BCUT2D eigenvalue weighted by Gasteiger charge is 2.17.